The Morgan fingerprint density at radius 3 is 2.67 bits per heavy atom. The van der Waals surface area contributed by atoms with Gasteiger partial charge in [-0.1, -0.05) is 24.3 Å². The maximum atomic E-state index is 13.5. The molecule has 0 fully saturated rings. The Labute approximate surface area is 124 Å². The highest BCUT2D eigenvalue weighted by Crippen LogP contribution is 2.06. The number of nitrogens with one attached hydrogen (secondary N) is 2. The highest BCUT2D eigenvalue weighted by Gasteiger charge is 2.02. The maximum absolute atomic E-state index is 13.5. The van der Waals surface area contributed by atoms with Gasteiger partial charge in [0.15, 0.2) is 5.96 Å². The zero-order valence-corrected chi connectivity index (χ0v) is 12.0. The van der Waals surface area contributed by atoms with Crippen molar-refractivity contribution in [1.82, 2.24) is 15.6 Å². The lowest BCUT2D eigenvalue weighted by atomic mass is 10.1. The molecule has 2 N–H and O–H groups in total. The minimum absolute atomic E-state index is 0.171. The largest absolute Gasteiger partial charge is 0.356 e. The number of rotatable bonds is 5. The minimum atomic E-state index is -0.171. The summed E-state index contributed by atoms with van der Waals surface area (Å²) in [6, 6.07) is 12.6. The Morgan fingerprint density at radius 2 is 1.95 bits per heavy atom. The Morgan fingerprint density at radius 1 is 1.14 bits per heavy atom. The van der Waals surface area contributed by atoms with E-state index in [1.165, 1.54) is 6.07 Å². The van der Waals surface area contributed by atoms with Gasteiger partial charge in [-0.25, -0.2) is 4.39 Å². The molecule has 0 aliphatic rings. The number of hydrogen-bond acceptors (Lipinski definition) is 2. The second kappa shape index (κ2) is 7.99. The summed E-state index contributed by atoms with van der Waals surface area (Å²) in [7, 11) is 1.71. The third kappa shape index (κ3) is 4.87. The van der Waals surface area contributed by atoms with Crippen molar-refractivity contribution in [1.29, 1.82) is 0 Å². The van der Waals surface area contributed by atoms with E-state index < -0.39 is 0 Å². The number of benzene rings is 1. The molecule has 4 nitrogen and oxygen atoms in total. The van der Waals surface area contributed by atoms with E-state index >= 15 is 0 Å². The molecule has 0 aliphatic heterocycles. The highest BCUT2D eigenvalue weighted by atomic mass is 19.1. The fourth-order valence-electron chi connectivity index (χ4n) is 1.91. The lowest BCUT2D eigenvalue weighted by Gasteiger charge is -2.11. The molecular weight excluding hydrogens is 267 g/mol. The maximum Gasteiger partial charge on any atom is 0.191 e. The van der Waals surface area contributed by atoms with Crippen LogP contribution in [0.25, 0.3) is 0 Å². The van der Waals surface area contributed by atoms with Crippen molar-refractivity contribution < 1.29 is 4.39 Å². The van der Waals surface area contributed by atoms with Gasteiger partial charge in [-0.2, -0.15) is 0 Å². The summed E-state index contributed by atoms with van der Waals surface area (Å²) < 4.78 is 13.5. The Balaban J connectivity index is 1.77. The van der Waals surface area contributed by atoms with E-state index in [1.807, 2.05) is 24.3 Å². The average Bonchev–Trinajstić information content (AvgIpc) is 2.53. The van der Waals surface area contributed by atoms with E-state index in [0.717, 1.165) is 5.69 Å². The fraction of sp³-hybridized carbons (Fsp3) is 0.250. The van der Waals surface area contributed by atoms with E-state index in [2.05, 4.69) is 20.6 Å². The molecule has 2 aromatic rings. The summed E-state index contributed by atoms with van der Waals surface area (Å²) in [4.78, 5) is 8.36. The lowest BCUT2D eigenvalue weighted by Crippen LogP contribution is -2.38. The van der Waals surface area contributed by atoms with Gasteiger partial charge in [0.05, 0.1) is 12.2 Å². The SMILES string of the molecule is CN=C(NCCc1ccccc1F)NCc1ccccn1. The molecule has 2 rings (SSSR count). The number of guanidine groups is 1. The predicted octanol–water partition coefficient (Wildman–Crippen LogP) is 2.13. The monoisotopic (exact) mass is 286 g/mol. The van der Waals surface area contributed by atoms with Gasteiger partial charge < -0.3 is 10.6 Å². The van der Waals surface area contributed by atoms with Crippen molar-refractivity contribution in [2.24, 2.45) is 4.99 Å². The van der Waals surface area contributed by atoms with Gasteiger partial charge in [-0.15, -0.1) is 0 Å². The summed E-state index contributed by atoms with van der Waals surface area (Å²) in [6.45, 7) is 1.21. The first kappa shape index (κ1) is 15.0. The Hall–Kier alpha value is -2.43. The zero-order chi connectivity index (χ0) is 14.9. The minimum Gasteiger partial charge on any atom is -0.356 e. The lowest BCUT2D eigenvalue weighted by molar-refractivity contribution is 0.606. The topological polar surface area (TPSA) is 49.3 Å². The van der Waals surface area contributed by atoms with E-state index in [0.29, 0.717) is 31.0 Å². The van der Waals surface area contributed by atoms with Crippen LogP contribution in [-0.2, 0) is 13.0 Å². The molecule has 5 heteroatoms. The summed E-state index contributed by atoms with van der Waals surface area (Å²) in [5.41, 5.74) is 1.64. The normalized spacial score (nSPS) is 11.2. The van der Waals surface area contributed by atoms with Gasteiger partial charge in [0.1, 0.15) is 5.82 Å². The summed E-state index contributed by atoms with van der Waals surface area (Å²) >= 11 is 0. The van der Waals surface area contributed by atoms with Crippen molar-refractivity contribution >= 4 is 5.96 Å². The Kier molecular flexibility index (Phi) is 5.70. The van der Waals surface area contributed by atoms with Crippen molar-refractivity contribution in [2.45, 2.75) is 13.0 Å². The molecule has 0 saturated carbocycles. The van der Waals surface area contributed by atoms with Crippen LogP contribution in [0.4, 0.5) is 4.39 Å². The molecule has 0 radical (unpaired) electrons. The molecule has 1 aromatic carbocycles. The van der Waals surface area contributed by atoms with Crippen LogP contribution in [0.5, 0.6) is 0 Å². The average molecular weight is 286 g/mol. The number of pyridine rings is 1. The summed E-state index contributed by atoms with van der Waals surface area (Å²) in [6.07, 6.45) is 2.36. The van der Waals surface area contributed by atoms with Crippen LogP contribution in [0.2, 0.25) is 0 Å². The van der Waals surface area contributed by atoms with E-state index in [1.54, 1.807) is 25.4 Å². The van der Waals surface area contributed by atoms with Gasteiger partial charge in [-0.3, -0.25) is 9.98 Å². The smallest absolute Gasteiger partial charge is 0.191 e. The molecule has 110 valence electrons. The summed E-state index contributed by atoms with van der Waals surface area (Å²) in [5, 5.41) is 6.33. The third-order valence-corrected chi connectivity index (χ3v) is 3.03. The highest BCUT2D eigenvalue weighted by molar-refractivity contribution is 5.79. The van der Waals surface area contributed by atoms with Crippen molar-refractivity contribution in [3.8, 4) is 0 Å². The van der Waals surface area contributed by atoms with Crippen LogP contribution < -0.4 is 10.6 Å². The quantitative estimate of drug-likeness (QED) is 0.654. The first-order chi connectivity index (χ1) is 10.3. The van der Waals surface area contributed by atoms with Crippen LogP contribution in [0.3, 0.4) is 0 Å². The molecule has 1 aromatic heterocycles. The molecule has 0 unspecified atom stereocenters. The van der Waals surface area contributed by atoms with Gasteiger partial charge >= 0.3 is 0 Å². The second-order valence-corrected chi connectivity index (χ2v) is 4.52. The van der Waals surface area contributed by atoms with E-state index in [-0.39, 0.29) is 5.82 Å². The van der Waals surface area contributed by atoms with Crippen molar-refractivity contribution in [3.63, 3.8) is 0 Å². The number of hydrogen-bond donors (Lipinski definition) is 2. The zero-order valence-electron chi connectivity index (χ0n) is 12.0. The van der Waals surface area contributed by atoms with Crippen LogP contribution in [0, 0.1) is 5.82 Å². The molecule has 0 atom stereocenters. The van der Waals surface area contributed by atoms with Gasteiger partial charge in [0.25, 0.3) is 0 Å². The first-order valence-electron chi connectivity index (χ1n) is 6.87. The number of aliphatic imine (C=N–C) groups is 1. The molecule has 0 spiro atoms. The van der Waals surface area contributed by atoms with Crippen LogP contribution in [-0.4, -0.2) is 24.5 Å². The van der Waals surface area contributed by atoms with Gasteiger partial charge in [-0.05, 0) is 30.2 Å². The van der Waals surface area contributed by atoms with Crippen LogP contribution in [0.15, 0.2) is 53.7 Å². The van der Waals surface area contributed by atoms with Crippen molar-refractivity contribution in [2.75, 3.05) is 13.6 Å². The van der Waals surface area contributed by atoms with Gasteiger partial charge in [0, 0.05) is 19.8 Å². The molecular formula is C16H19FN4. The summed E-state index contributed by atoms with van der Waals surface area (Å²) in [5.74, 6) is 0.507. The van der Waals surface area contributed by atoms with E-state index in [9.17, 15) is 4.39 Å². The molecule has 21 heavy (non-hydrogen) atoms. The molecule has 1 heterocycles. The molecule has 0 amide bonds. The third-order valence-electron chi connectivity index (χ3n) is 3.03. The molecule has 0 bridgehead atoms. The molecule has 0 aliphatic carbocycles. The number of aromatic nitrogens is 1. The Bertz CT molecular complexity index is 584. The van der Waals surface area contributed by atoms with Crippen molar-refractivity contribution in [3.05, 3.63) is 65.7 Å². The standard InChI is InChI=1S/C16H19FN4/c1-18-16(21-12-14-7-4-5-10-19-14)20-11-9-13-6-2-3-8-15(13)17/h2-8,10H,9,11-12H2,1H3,(H2,18,20,21). The van der Waals surface area contributed by atoms with Crippen LogP contribution >= 0.6 is 0 Å². The number of halogens is 1. The first-order valence-corrected chi connectivity index (χ1v) is 6.87. The molecule has 0 saturated heterocycles. The fourth-order valence-corrected chi connectivity index (χ4v) is 1.91. The van der Waals surface area contributed by atoms with Crippen LogP contribution in [0.1, 0.15) is 11.3 Å². The van der Waals surface area contributed by atoms with E-state index in [4.69, 9.17) is 0 Å². The van der Waals surface area contributed by atoms with Gasteiger partial charge in [0.2, 0.25) is 0 Å². The second-order valence-electron chi connectivity index (χ2n) is 4.52. The number of nitrogens with zero attached hydrogens (tertiary/aromatic N) is 2. The predicted molar refractivity (Wildman–Crippen MR) is 82.5 cm³/mol.